The number of aliphatic hydroxyl groups is 1. The summed E-state index contributed by atoms with van der Waals surface area (Å²) in [5, 5.41) is 12.0. The van der Waals surface area contributed by atoms with Gasteiger partial charge in [0.1, 0.15) is 0 Å². The average molecular weight is 241 g/mol. The van der Waals surface area contributed by atoms with Crippen LogP contribution >= 0.6 is 12.2 Å². The van der Waals surface area contributed by atoms with E-state index in [9.17, 15) is 4.79 Å². The van der Waals surface area contributed by atoms with Crippen LogP contribution in [-0.4, -0.2) is 26.6 Å². The van der Waals surface area contributed by atoms with Crippen LogP contribution in [0.1, 0.15) is 25.0 Å². The Hall–Kier alpha value is -1.14. The molecule has 5 nitrogen and oxygen atoms in total. The number of nitrogens with zero attached hydrogens (tertiary/aromatic N) is 1. The molecule has 0 radical (unpaired) electrons. The molecular formula is C10H15N3O2S. The normalized spacial score (nSPS) is 15.1. The van der Waals surface area contributed by atoms with Crippen molar-refractivity contribution in [2.45, 2.75) is 38.5 Å². The third-order valence-electron chi connectivity index (χ3n) is 2.62. The van der Waals surface area contributed by atoms with Gasteiger partial charge in [0.25, 0.3) is 0 Å². The van der Waals surface area contributed by atoms with Crippen molar-refractivity contribution in [3.63, 3.8) is 0 Å². The highest BCUT2D eigenvalue weighted by atomic mass is 32.1. The van der Waals surface area contributed by atoms with Gasteiger partial charge < -0.3 is 20.0 Å². The van der Waals surface area contributed by atoms with E-state index in [-0.39, 0.29) is 12.5 Å². The zero-order chi connectivity index (χ0) is 11.5. The molecule has 1 fully saturated rings. The maximum atomic E-state index is 11.5. The molecule has 1 heterocycles. The second-order valence-corrected chi connectivity index (χ2v) is 4.37. The average Bonchev–Trinajstić information content (AvgIpc) is 2.99. The third kappa shape index (κ3) is 2.70. The molecule has 2 rings (SSSR count). The number of aliphatic hydroxyl groups excluding tert-OH is 1. The van der Waals surface area contributed by atoms with Gasteiger partial charge in [0, 0.05) is 25.2 Å². The number of nitrogens with one attached hydrogen (secondary N) is 2. The fourth-order valence-electron chi connectivity index (χ4n) is 1.55. The van der Waals surface area contributed by atoms with Crippen molar-refractivity contribution in [1.82, 2.24) is 14.9 Å². The molecule has 0 atom stereocenters. The molecule has 0 unspecified atom stereocenters. The highest BCUT2D eigenvalue weighted by Crippen LogP contribution is 2.18. The second kappa shape index (κ2) is 4.80. The number of carbonyl (C=O) groups is 1. The highest BCUT2D eigenvalue weighted by Gasteiger charge is 2.22. The Kier molecular flexibility index (Phi) is 3.40. The van der Waals surface area contributed by atoms with Gasteiger partial charge in [-0.05, 0) is 25.1 Å². The lowest BCUT2D eigenvalue weighted by molar-refractivity contribution is -0.121. The van der Waals surface area contributed by atoms with Gasteiger partial charge in [-0.2, -0.15) is 0 Å². The van der Waals surface area contributed by atoms with E-state index in [0.29, 0.717) is 29.5 Å². The summed E-state index contributed by atoms with van der Waals surface area (Å²) in [4.78, 5) is 14.3. The van der Waals surface area contributed by atoms with E-state index in [4.69, 9.17) is 17.3 Å². The first-order valence-electron chi connectivity index (χ1n) is 5.38. The molecule has 88 valence electrons. The molecule has 1 aromatic heterocycles. The number of amides is 1. The van der Waals surface area contributed by atoms with E-state index < -0.39 is 0 Å². The van der Waals surface area contributed by atoms with Gasteiger partial charge in [-0.1, -0.05) is 0 Å². The number of carbonyl (C=O) groups excluding carboxylic acids is 1. The standard InChI is InChI=1S/C10H15N3O2S/c14-6-8-5-11-10(16)13(8)4-3-9(15)12-7-1-2-7/h5,7,14H,1-4,6H2,(H,11,16)(H,12,15). The molecule has 0 bridgehead atoms. The Labute approximate surface area is 98.5 Å². The molecule has 1 aromatic rings. The Balaban J connectivity index is 1.90. The Morgan fingerprint density at radius 3 is 3.06 bits per heavy atom. The molecule has 0 aliphatic heterocycles. The van der Waals surface area contributed by atoms with Crippen LogP contribution in [-0.2, 0) is 17.9 Å². The fourth-order valence-corrected chi connectivity index (χ4v) is 1.82. The fraction of sp³-hybridized carbons (Fsp3) is 0.600. The number of aromatic nitrogens is 2. The quantitative estimate of drug-likeness (QED) is 0.665. The van der Waals surface area contributed by atoms with E-state index in [1.165, 1.54) is 0 Å². The first-order chi connectivity index (χ1) is 7.70. The second-order valence-electron chi connectivity index (χ2n) is 3.99. The Morgan fingerprint density at radius 1 is 1.69 bits per heavy atom. The van der Waals surface area contributed by atoms with Crippen LogP contribution in [0.2, 0.25) is 0 Å². The van der Waals surface area contributed by atoms with Crippen LogP contribution in [0, 0.1) is 4.77 Å². The molecule has 0 spiro atoms. The SMILES string of the molecule is O=C(CCn1c(CO)c[nH]c1=S)NC1CC1. The van der Waals surface area contributed by atoms with Gasteiger partial charge >= 0.3 is 0 Å². The van der Waals surface area contributed by atoms with Crippen LogP contribution in [0.3, 0.4) is 0 Å². The topological polar surface area (TPSA) is 70.0 Å². The van der Waals surface area contributed by atoms with Gasteiger partial charge in [-0.15, -0.1) is 0 Å². The smallest absolute Gasteiger partial charge is 0.222 e. The minimum Gasteiger partial charge on any atom is -0.390 e. The number of imidazole rings is 1. The predicted molar refractivity (Wildman–Crippen MR) is 61.3 cm³/mol. The van der Waals surface area contributed by atoms with Crippen LogP contribution in [0.25, 0.3) is 0 Å². The van der Waals surface area contributed by atoms with E-state index in [0.717, 1.165) is 12.8 Å². The summed E-state index contributed by atoms with van der Waals surface area (Å²) in [5.74, 6) is 0.0505. The largest absolute Gasteiger partial charge is 0.390 e. The lowest BCUT2D eigenvalue weighted by atomic mass is 10.3. The molecule has 1 aliphatic carbocycles. The van der Waals surface area contributed by atoms with Crippen molar-refractivity contribution in [1.29, 1.82) is 0 Å². The molecule has 16 heavy (non-hydrogen) atoms. The number of H-pyrrole nitrogens is 1. The molecule has 1 aliphatic rings. The zero-order valence-corrected chi connectivity index (χ0v) is 9.72. The lowest BCUT2D eigenvalue weighted by Gasteiger charge is -2.06. The number of rotatable bonds is 5. The van der Waals surface area contributed by atoms with E-state index in [1.54, 1.807) is 10.8 Å². The monoisotopic (exact) mass is 241 g/mol. The third-order valence-corrected chi connectivity index (χ3v) is 2.96. The van der Waals surface area contributed by atoms with E-state index >= 15 is 0 Å². The van der Waals surface area contributed by atoms with Crippen molar-refractivity contribution in [2.75, 3.05) is 0 Å². The summed E-state index contributed by atoms with van der Waals surface area (Å²) < 4.78 is 2.30. The highest BCUT2D eigenvalue weighted by molar-refractivity contribution is 7.71. The van der Waals surface area contributed by atoms with Crippen molar-refractivity contribution in [2.24, 2.45) is 0 Å². The first-order valence-corrected chi connectivity index (χ1v) is 5.79. The number of aromatic amines is 1. The minimum absolute atomic E-state index is 0.0505. The molecule has 6 heteroatoms. The zero-order valence-electron chi connectivity index (χ0n) is 8.90. The maximum absolute atomic E-state index is 11.5. The van der Waals surface area contributed by atoms with Crippen LogP contribution in [0.15, 0.2) is 6.20 Å². The molecule has 1 amide bonds. The van der Waals surface area contributed by atoms with E-state index in [1.807, 2.05) is 0 Å². The number of hydrogen-bond donors (Lipinski definition) is 3. The molecule has 0 aromatic carbocycles. The van der Waals surface area contributed by atoms with Gasteiger partial charge in [0.2, 0.25) is 5.91 Å². The Bertz CT molecular complexity index is 434. The lowest BCUT2D eigenvalue weighted by Crippen LogP contribution is -2.26. The molecule has 0 saturated heterocycles. The van der Waals surface area contributed by atoms with Crippen LogP contribution in [0.5, 0.6) is 0 Å². The van der Waals surface area contributed by atoms with Crippen LogP contribution < -0.4 is 5.32 Å². The first kappa shape index (κ1) is 11.3. The summed E-state index contributed by atoms with van der Waals surface area (Å²) in [7, 11) is 0. The summed E-state index contributed by atoms with van der Waals surface area (Å²) in [6, 6.07) is 0.393. The molecular weight excluding hydrogens is 226 g/mol. The van der Waals surface area contributed by atoms with Crippen molar-refractivity contribution < 1.29 is 9.90 Å². The number of hydrogen-bond acceptors (Lipinski definition) is 3. The molecule has 3 N–H and O–H groups in total. The Morgan fingerprint density at radius 2 is 2.44 bits per heavy atom. The summed E-state index contributed by atoms with van der Waals surface area (Å²) in [5.41, 5.74) is 0.712. The minimum atomic E-state index is -0.0720. The summed E-state index contributed by atoms with van der Waals surface area (Å²) >= 11 is 5.06. The van der Waals surface area contributed by atoms with Crippen molar-refractivity contribution in [3.8, 4) is 0 Å². The maximum Gasteiger partial charge on any atom is 0.222 e. The predicted octanol–water partition coefficient (Wildman–Crippen LogP) is 0.707. The van der Waals surface area contributed by atoms with Gasteiger partial charge in [0.15, 0.2) is 4.77 Å². The van der Waals surface area contributed by atoms with E-state index in [2.05, 4.69) is 10.3 Å². The summed E-state index contributed by atoms with van der Waals surface area (Å²) in [6.07, 6.45) is 4.26. The van der Waals surface area contributed by atoms with Crippen molar-refractivity contribution >= 4 is 18.1 Å². The van der Waals surface area contributed by atoms with Crippen LogP contribution in [0.4, 0.5) is 0 Å². The van der Waals surface area contributed by atoms with Crippen molar-refractivity contribution in [3.05, 3.63) is 16.7 Å². The molecule has 1 saturated carbocycles. The van der Waals surface area contributed by atoms with Gasteiger partial charge in [-0.3, -0.25) is 4.79 Å². The summed E-state index contributed by atoms with van der Waals surface area (Å²) in [6.45, 7) is 0.439. The van der Waals surface area contributed by atoms with Gasteiger partial charge in [0.05, 0.1) is 12.3 Å². The van der Waals surface area contributed by atoms with Gasteiger partial charge in [-0.25, -0.2) is 0 Å².